The first kappa shape index (κ1) is 9.83. The Morgan fingerprint density at radius 2 is 2.33 bits per heavy atom. The van der Waals surface area contributed by atoms with Crippen molar-refractivity contribution in [2.24, 2.45) is 5.41 Å². The van der Waals surface area contributed by atoms with Crippen LogP contribution in [-0.2, 0) is 11.2 Å². The van der Waals surface area contributed by atoms with Crippen molar-refractivity contribution in [3.63, 3.8) is 0 Å². The molecule has 0 radical (unpaired) electrons. The van der Waals surface area contributed by atoms with Gasteiger partial charge in [-0.15, -0.1) is 0 Å². The van der Waals surface area contributed by atoms with E-state index in [0.717, 1.165) is 23.0 Å². The van der Waals surface area contributed by atoms with Crippen LogP contribution >= 0.6 is 0 Å². The number of aromatic nitrogens is 3. The molecule has 0 spiro atoms. The monoisotopic (exact) mass is 203 g/mol. The molecule has 0 atom stereocenters. The van der Waals surface area contributed by atoms with E-state index in [1.807, 2.05) is 26.0 Å². The van der Waals surface area contributed by atoms with E-state index in [1.54, 1.807) is 6.20 Å². The Morgan fingerprint density at radius 1 is 1.53 bits per heavy atom. The van der Waals surface area contributed by atoms with E-state index in [4.69, 9.17) is 0 Å². The molecule has 0 saturated carbocycles. The van der Waals surface area contributed by atoms with Gasteiger partial charge in [0.05, 0.1) is 5.69 Å². The number of rotatable bonds is 3. The molecule has 2 rings (SSSR count). The maximum Gasteiger partial charge on any atom is 0.155 e. The summed E-state index contributed by atoms with van der Waals surface area (Å²) in [7, 11) is 0. The van der Waals surface area contributed by atoms with E-state index in [-0.39, 0.29) is 5.41 Å². The minimum Gasteiger partial charge on any atom is -0.303 e. The van der Waals surface area contributed by atoms with Crippen LogP contribution in [0.3, 0.4) is 0 Å². The predicted octanol–water partition coefficient (Wildman–Crippen LogP) is 1.73. The third-order valence-corrected chi connectivity index (χ3v) is 2.36. The summed E-state index contributed by atoms with van der Waals surface area (Å²) in [4.78, 5) is 15.0. The minimum absolute atomic E-state index is 0.377. The molecule has 0 amide bonds. The predicted molar refractivity (Wildman–Crippen MR) is 57.4 cm³/mol. The van der Waals surface area contributed by atoms with Gasteiger partial charge in [0, 0.05) is 23.4 Å². The fourth-order valence-electron chi connectivity index (χ4n) is 1.52. The van der Waals surface area contributed by atoms with Crippen molar-refractivity contribution < 1.29 is 4.79 Å². The highest BCUT2D eigenvalue weighted by Crippen LogP contribution is 2.22. The van der Waals surface area contributed by atoms with Gasteiger partial charge in [0.1, 0.15) is 6.29 Å². The summed E-state index contributed by atoms with van der Waals surface area (Å²) in [6.07, 6.45) is 3.31. The summed E-state index contributed by atoms with van der Waals surface area (Å²) < 4.78 is 0. The first-order chi connectivity index (χ1) is 7.12. The van der Waals surface area contributed by atoms with Gasteiger partial charge in [-0.25, -0.2) is 4.98 Å². The quantitative estimate of drug-likeness (QED) is 0.773. The molecular formula is C11H13N3O. The SMILES string of the molecule is CC(C)(C=O)Cc1n[nH]c2ncccc12. The normalized spacial score (nSPS) is 11.9. The first-order valence-corrected chi connectivity index (χ1v) is 4.87. The summed E-state index contributed by atoms with van der Waals surface area (Å²) in [5.74, 6) is 0. The van der Waals surface area contributed by atoms with Crippen molar-refractivity contribution >= 4 is 17.3 Å². The molecule has 2 aromatic heterocycles. The molecule has 4 nitrogen and oxygen atoms in total. The van der Waals surface area contributed by atoms with E-state index >= 15 is 0 Å². The summed E-state index contributed by atoms with van der Waals surface area (Å²) in [5, 5.41) is 8.03. The second-order valence-electron chi connectivity index (χ2n) is 4.35. The summed E-state index contributed by atoms with van der Waals surface area (Å²) in [6.45, 7) is 3.80. The number of carbonyl (C=O) groups is 1. The van der Waals surface area contributed by atoms with Gasteiger partial charge in [0.2, 0.25) is 0 Å². The van der Waals surface area contributed by atoms with Crippen LogP contribution in [0.2, 0.25) is 0 Å². The lowest BCUT2D eigenvalue weighted by Crippen LogP contribution is -2.16. The molecule has 15 heavy (non-hydrogen) atoms. The Kier molecular flexibility index (Phi) is 2.26. The van der Waals surface area contributed by atoms with Crippen LogP contribution in [-0.4, -0.2) is 21.5 Å². The number of aldehydes is 1. The largest absolute Gasteiger partial charge is 0.303 e. The fraction of sp³-hybridized carbons (Fsp3) is 0.364. The molecule has 0 unspecified atom stereocenters. The van der Waals surface area contributed by atoms with Crippen LogP contribution in [0.25, 0.3) is 11.0 Å². The smallest absolute Gasteiger partial charge is 0.155 e. The lowest BCUT2D eigenvalue weighted by molar-refractivity contribution is -0.114. The Bertz CT molecular complexity index is 487. The third kappa shape index (κ3) is 1.88. The topological polar surface area (TPSA) is 58.6 Å². The van der Waals surface area contributed by atoms with Gasteiger partial charge in [0.25, 0.3) is 0 Å². The van der Waals surface area contributed by atoms with Gasteiger partial charge in [-0.1, -0.05) is 13.8 Å². The molecule has 1 N–H and O–H groups in total. The molecule has 0 bridgehead atoms. The van der Waals surface area contributed by atoms with Gasteiger partial charge < -0.3 is 4.79 Å². The van der Waals surface area contributed by atoms with Gasteiger partial charge >= 0.3 is 0 Å². The van der Waals surface area contributed by atoms with Crippen LogP contribution in [0.1, 0.15) is 19.5 Å². The number of nitrogens with zero attached hydrogens (tertiary/aromatic N) is 2. The fourth-order valence-corrected chi connectivity index (χ4v) is 1.52. The number of hydrogen-bond donors (Lipinski definition) is 1. The second-order valence-corrected chi connectivity index (χ2v) is 4.35. The number of fused-ring (bicyclic) bond motifs is 1. The maximum atomic E-state index is 10.8. The van der Waals surface area contributed by atoms with Crippen molar-refractivity contribution in [1.82, 2.24) is 15.2 Å². The number of nitrogens with one attached hydrogen (secondary N) is 1. The van der Waals surface area contributed by atoms with Crippen molar-refractivity contribution in [2.45, 2.75) is 20.3 Å². The molecule has 0 aliphatic rings. The van der Waals surface area contributed by atoms with Crippen molar-refractivity contribution in [3.05, 3.63) is 24.0 Å². The van der Waals surface area contributed by atoms with Crippen LogP contribution in [0, 0.1) is 5.41 Å². The average Bonchev–Trinajstić information content (AvgIpc) is 2.62. The van der Waals surface area contributed by atoms with Crippen molar-refractivity contribution in [3.8, 4) is 0 Å². The van der Waals surface area contributed by atoms with E-state index < -0.39 is 0 Å². The lowest BCUT2D eigenvalue weighted by Gasteiger charge is -2.14. The highest BCUT2D eigenvalue weighted by atomic mass is 16.1. The molecule has 0 aliphatic heterocycles. The molecule has 0 aromatic carbocycles. The van der Waals surface area contributed by atoms with Crippen LogP contribution < -0.4 is 0 Å². The lowest BCUT2D eigenvalue weighted by atomic mass is 9.89. The molecular weight excluding hydrogens is 190 g/mol. The summed E-state index contributed by atoms with van der Waals surface area (Å²) >= 11 is 0. The first-order valence-electron chi connectivity index (χ1n) is 4.87. The standard InChI is InChI=1S/C11H13N3O/c1-11(2,7-15)6-9-8-4-3-5-12-10(8)14-13-9/h3-5,7H,6H2,1-2H3,(H,12,13,14). The highest BCUT2D eigenvalue weighted by molar-refractivity contribution is 5.78. The Morgan fingerprint density at radius 3 is 3.07 bits per heavy atom. The van der Waals surface area contributed by atoms with Crippen molar-refractivity contribution in [1.29, 1.82) is 0 Å². The number of pyridine rings is 1. The zero-order valence-electron chi connectivity index (χ0n) is 8.82. The molecule has 0 aliphatic carbocycles. The van der Waals surface area contributed by atoms with Gasteiger partial charge in [0.15, 0.2) is 5.65 Å². The number of carbonyl (C=O) groups excluding carboxylic acids is 1. The van der Waals surface area contributed by atoms with Gasteiger partial charge in [-0.2, -0.15) is 5.10 Å². The van der Waals surface area contributed by atoms with E-state index in [1.165, 1.54) is 0 Å². The number of H-pyrrole nitrogens is 1. The van der Waals surface area contributed by atoms with Crippen molar-refractivity contribution in [2.75, 3.05) is 0 Å². The molecule has 2 aromatic rings. The van der Waals surface area contributed by atoms with E-state index in [9.17, 15) is 4.79 Å². The molecule has 4 heteroatoms. The number of hydrogen-bond acceptors (Lipinski definition) is 3. The second kappa shape index (κ2) is 3.46. The summed E-state index contributed by atoms with van der Waals surface area (Å²) in [6, 6.07) is 3.83. The Balaban J connectivity index is 2.41. The Labute approximate surface area is 87.7 Å². The average molecular weight is 203 g/mol. The zero-order valence-corrected chi connectivity index (χ0v) is 8.82. The highest BCUT2D eigenvalue weighted by Gasteiger charge is 2.20. The molecule has 0 fully saturated rings. The molecule has 2 heterocycles. The Hall–Kier alpha value is -1.71. The van der Waals surface area contributed by atoms with Crippen LogP contribution in [0.4, 0.5) is 0 Å². The van der Waals surface area contributed by atoms with Gasteiger partial charge in [-0.3, -0.25) is 5.10 Å². The van der Waals surface area contributed by atoms with E-state index in [2.05, 4.69) is 15.2 Å². The summed E-state index contributed by atoms with van der Waals surface area (Å²) in [5.41, 5.74) is 1.29. The maximum absolute atomic E-state index is 10.8. The molecule has 0 saturated heterocycles. The number of aromatic amines is 1. The van der Waals surface area contributed by atoms with E-state index in [0.29, 0.717) is 6.42 Å². The van der Waals surface area contributed by atoms with Gasteiger partial charge in [-0.05, 0) is 12.1 Å². The molecule has 78 valence electrons. The zero-order chi connectivity index (χ0) is 10.9. The minimum atomic E-state index is -0.377. The van der Waals surface area contributed by atoms with Crippen LogP contribution in [0.5, 0.6) is 0 Å². The third-order valence-electron chi connectivity index (χ3n) is 2.36. The van der Waals surface area contributed by atoms with Crippen LogP contribution in [0.15, 0.2) is 18.3 Å².